The maximum Gasteiger partial charge on any atom is 0.437 e. The van der Waals surface area contributed by atoms with Crippen molar-refractivity contribution in [3.8, 4) is 0 Å². The summed E-state index contributed by atoms with van der Waals surface area (Å²) in [5.41, 5.74) is 3.26. The van der Waals surface area contributed by atoms with Crippen molar-refractivity contribution >= 4 is 17.5 Å². The zero-order valence-corrected chi connectivity index (χ0v) is 14.9. The molecule has 3 rings (SSSR count). The highest BCUT2D eigenvalue weighted by Crippen LogP contribution is 2.19. The van der Waals surface area contributed by atoms with Crippen molar-refractivity contribution in [2.24, 2.45) is 5.16 Å². The number of amides is 1. The molecule has 0 saturated carbocycles. The van der Waals surface area contributed by atoms with E-state index in [1.165, 1.54) is 0 Å². The normalized spacial score (nSPS) is 12.3. The van der Waals surface area contributed by atoms with E-state index in [4.69, 9.17) is 4.84 Å². The second-order valence-corrected chi connectivity index (χ2v) is 6.03. The minimum atomic E-state index is -1.03. The Morgan fingerprint density at radius 2 is 1.52 bits per heavy atom. The SMILES string of the molecule is Cc1ccc(NC(=O)O/N=C(/c2ccccc2)[C@H](O)c2ccccc2)cc1. The lowest BCUT2D eigenvalue weighted by Gasteiger charge is -2.14. The predicted octanol–water partition coefficient (Wildman–Crippen LogP) is 4.68. The molecule has 5 nitrogen and oxygen atoms in total. The number of hydrogen-bond donors (Lipinski definition) is 2. The smallest absolute Gasteiger partial charge is 0.382 e. The first-order valence-corrected chi connectivity index (χ1v) is 8.54. The molecule has 0 unspecified atom stereocenters. The van der Waals surface area contributed by atoms with Gasteiger partial charge in [-0.25, -0.2) is 4.79 Å². The van der Waals surface area contributed by atoms with Crippen LogP contribution in [0.4, 0.5) is 10.5 Å². The molecule has 27 heavy (non-hydrogen) atoms. The Balaban J connectivity index is 1.80. The van der Waals surface area contributed by atoms with Crippen LogP contribution in [0.25, 0.3) is 0 Å². The zero-order chi connectivity index (χ0) is 19.1. The second kappa shape index (κ2) is 8.78. The Morgan fingerprint density at radius 3 is 2.15 bits per heavy atom. The third kappa shape index (κ3) is 5.03. The van der Waals surface area contributed by atoms with Crippen molar-refractivity contribution in [2.45, 2.75) is 13.0 Å². The third-order valence-corrected chi connectivity index (χ3v) is 3.97. The van der Waals surface area contributed by atoms with Gasteiger partial charge >= 0.3 is 6.09 Å². The molecule has 0 aliphatic carbocycles. The van der Waals surface area contributed by atoms with E-state index in [2.05, 4.69) is 10.5 Å². The first kappa shape index (κ1) is 18.4. The van der Waals surface area contributed by atoms with Gasteiger partial charge in [0.1, 0.15) is 11.8 Å². The van der Waals surface area contributed by atoms with E-state index < -0.39 is 12.2 Å². The Labute approximate surface area is 157 Å². The van der Waals surface area contributed by atoms with Crippen LogP contribution in [0.2, 0.25) is 0 Å². The summed E-state index contributed by atoms with van der Waals surface area (Å²) in [4.78, 5) is 17.1. The van der Waals surface area contributed by atoms with Crippen molar-refractivity contribution < 1.29 is 14.7 Å². The number of aliphatic hydroxyl groups excluding tert-OH is 1. The van der Waals surface area contributed by atoms with Gasteiger partial charge in [-0.1, -0.05) is 83.5 Å². The molecule has 1 amide bonds. The first-order chi connectivity index (χ1) is 13.1. The van der Waals surface area contributed by atoms with Gasteiger partial charge in [0.15, 0.2) is 0 Å². The Kier molecular flexibility index (Phi) is 5.97. The number of carbonyl (C=O) groups is 1. The van der Waals surface area contributed by atoms with Gasteiger partial charge in [0.05, 0.1) is 0 Å². The summed E-state index contributed by atoms with van der Waals surface area (Å²) in [5, 5.41) is 17.3. The van der Waals surface area contributed by atoms with Crippen LogP contribution in [0, 0.1) is 6.92 Å². The Morgan fingerprint density at radius 1 is 0.926 bits per heavy atom. The fourth-order valence-corrected chi connectivity index (χ4v) is 2.53. The molecule has 136 valence electrons. The Bertz CT molecular complexity index is 907. The molecule has 0 aromatic heterocycles. The maximum atomic E-state index is 12.1. The number of benzene rings is 3. The number of aryl methyl sites for hydroxylation is 1. The summed E-state index contributed by atoms with van der Waals surface area (Å²) in [5.74, 6) is 0. The molecular weight excluding hydrogens is 340 g/mol. The summed E-state index contributed by atoms with van der Waals surface area (Å²) in [6, 6.07) is 25.5. The number of oxime groups is 1. The van der Waals surface area contributed by atoms with Crippen molar-refractivity contribution in [1.29, 1.82) is 0 Å². The van der Waals surface area contributed by atoms with Crippen LogP contribution in [0.1, 0.15) is 22.8 Å². The fourth-order valence-electron chi connectivity index (χ4n) is 2.53. The molecule has 3 aromatic rings. The first-order valence-electron chi connectivity index (χ1n) is 8.54. The molecule has 0 aliphatic rings. The monoisotopic (exact) mass is 360 g/mol. The van der Waals surface area contributed by atoms with Gasteiger partial charge < -0.3 is 5.11 Å². The second-order valence-electron chi connectivity index (χ2n) is 6.03. The molecule has 0 bridgehead atoms. The fraction of sp³-hybridized carbons (Fsp3) is 0.0909. The molecule has 5 heteroatoms. The van der Waals surface area contributed by atoms with Crippen LogP contribution in [-0.2, 0) is 4.84 Å². The van der Waals surface area contributed by atoms with Crippen LogP contribution < -0.4 is 5.32 Å². The number of nitrogens with one attached hydrogen (secondary N) is 1. The molecule has 0 heterocycles. The van der Waals surface area contributed by atoms with Crippen molar-refractivity contribution in [2.75, 3.05) is 5.32 Å². The number of hydrogen-bond acceptors (Lipinski definition) is 4. The minimum Gasteiger partial charge on any atom is -0.382 e. The minimum absolute atomic E-state index is 0.251. The lowest BCUT2D eigenvalue weighted by molar-refractivity contribution is 0.163. The molecule has 0 radical (unpaired) electrons. The van der Waals surface area contributed by atoms with E-state index in [9.17, 15) is 9.90 Å². The highest BCUT2D eigenvalue weighted by molar-refractivity contribution is 6.04. The summed E-state index contributed by atoms with van der Waals surface area (Å²) in [6.45, 7) is 1.96. The maximum absolute atomic E-state index is 12.1. The zero-order valence-electron chi connectivity index (χ0n) is 14.9. The van der Waals surface area contributed by atoms with E-state index in [-0.39, 0.29) is 5.71 Å². The van der Waals surface area contributed by atoms with Crippen LogP contribution in [0.3, 0.4) is 0 Å². The Hall–Kier alpha value is -3.44. The van der Waals surface area contributed by atoms with Crippen LogP contribution in [0.5, 0.6) is 0 Å². The molecule has 0 fully saturated rings. The molecule has 1 atom stereocenters. The van der Waals surface area contributed by atoms with E-state index in [0.29, 0.717) is 16.8 Å². The lowest BCUT2D eigenvalue weighted by Crippen LogP contribution is -2.17. The molecule has 0 aliphatic heterocycles. The van der Waals surface area contributed by atoms with Gasteiger partial charge in [0, 0.05) is 11.3 Å². The van der Waals surface area contributed by atoms with Crippen molar-refractivity contribution in [3.05, 3.63) is 102 Å². The summed E-state index contributed by atoms with van der Waals surface area (Å²) >= 11 is 0. The molecule has 0 spiro atoms. The predicted molar refractivity (Wildman–Crippen MR) is 106 cm³/mol. The van der Waals surface area contributed by atoms with Gasteiger partial charge in [-0.15, -0.1) is 0 Å². The molecule has 2 N–H and O–H groups in total. The van der Waals surface area contributed by atoms with Crippen molar-refractivity contribution in [1.82, 2.24) is 0 Å². The number of rotatable bonds is 5. The quantitative estimate of drug-likeness (QED) is 0.394. The number of anilines is 1. The van der Waals surface area contributed by atoms with E-state index in [0.717, 1.165) is 5.56 Å². The van der Waals surface area contributed by atoms with Crippen LogP contribution in [0.15, 0.2) is 90.1 Å². The third-order valence-electron chi connectivity index (χ3n) is 3.97. The van der Waals surface area contributed by atoms with Gasteiger partial charge in [-0.3, -0.25) is 10.2 Å². The van der Waals surface area contributed by atoms with Crippen LogP contribution in [-0.4, -0.2) is 16.9 Å². The molecule has 0 saturated heterocycles. The average Bonchev–Trinajstić information content (AvgIpc) is 2.71. The van der Waals surface area contributed by atoms with Gasteiger partial charge in [0.2, 0.25) is 0 Å². The van der Waals surface area contributed by atoms with Gasteiger partial charge in [-0.2, -0.15) is 0 Å². The summed E-state index contributed by atoms with van der Waals surface area (Å²) in [6.07, 6.45) is -1.76. The number of carbonyl (C=O) groups excluding carboxylic acids is 1. The standard InChI is InChI=1S/C22H20N2O3/c1-16-12-14-19(15-13-16)23-22(26)27-24-20(17-8-4-2-5-9-17)21(25)18-10-6-3-7-11-18/h2-15,21,25H,1H3,(H,23,26)/b24-20-/t21-/m1/s1. The molecular formula is C22H20N2O3. The van der Waals surface area contributed by atoms with Crippen molar-refractivity contribution in [3.63, 3.8) is 0 Å². The van der Waals surface area contributed by atoms with E-state index in [1.54, 1.807) is 36.4 Å². The summed E-state index contributed by atoms with van der Waals surface area (Å²) in [7, 11) is 0. The van der Waals surface area contributed by atoms with Crippen LogP contribution >= 0.6 is 0 Å². The lowest BCUT2D eigenvalue weighted by atomic mass is 9.99. The number of aliphatic hydroxyl groups is 1. The largest absolute Gasteiger partial charge is 0.437 e. The topological polar surface area (TPSA) is 70.9 Å². The summed E-state index contributed by atoms with van der Waals surface area (Å²) < 4.78 is 0. The van der Waals surface area contributed by atoms with E-state index in [1.807, 2.05) is 55.5 Å². The average molecular weight is 360 g/mol. The highest BCUT2D eigenvalue weighted by Gasteiger charge is 2.18. The van der Waals surface area contributed by atoms with E-state index >= 15 is 0 Å². The number of nitrogens with zero attached hydrogens (tertiary/aromatic N) is 1. The molecule has 3 aromatic carbocycles. The van der Waals surface area contributed by atoms with Gasteiger partial charge in [-0.05, 0) is 24.6 Å². The highest BCUT2D eigenvalue weighted by atomic mass is 16.7. The van der Waals surface area contributed by atoms with Gasteiger partial charge in [0.25, 0.3) is 0 Å².